The molecule has 0 saturated carbocycles. The predicted octanol–water partition coefficient (Wildman–Crippen LogP) is 3.07. The lowest BCUT2D eigenvalue weighted by molar-refractivity contribution is -0.116. The second-order valence-corrected chi connectivity index (χ2v) is 5.50. The maximum absolute atomic E-state index is 11.4. The van der Waals surface area contributed by atoms with Gasteiger partial charge in [0.05, 0.1) is 0 Å². The molecule has 1 aliphatic heterocycles. The van der Waals surface area contributed by atoms with Gasteiger partial charge in [0.1, 0.15) is 0 Å². The van der Waals surface area contributed by atoms with Crippen LogP contribution in [0.3, 0.4) is 0 Å². The van der Waals surface area contributed by atoms with E-state index >= 15 is 0 Å². The van der Waals surface area contributed by atoms with Gasteiger partial charge in [-0.15, -0.1) is 0 Å². The highest BCUT2D eigenvalue weighted by molar-refractivity contribution is 5.93. The van der Waals surface area contributed by atoms with Crippen molar-refractivity contribution in [1.29, 1.82) is 0 Å². The molecule has 1 aliphatic rings. The molecule has 21 heavy (non-hydrogen) atoms. The van der Waals surface area contributed by atoms with Crippen molar-refractivity contribution < 1.29 is 4.79 Å². The quantitative estimate of drug-likeness (QED) is 0.903. The fourth-order valence-electron chi connectivity index (χ4n) is 2.86. The molecule has 0 saturated heterocycles. The van der Waals surface area contributed by atoms with E-state index in [1.807, 2.05) is 19.2 Å². The summed E-state index contributed by atoms with van der Waals surface area (Å²) in [5, 5.41) is 6.33. The van der Waals surface area contributed by atoms with E-state index in [2.05, 4.69) is 47.0 Å². The lowest BCUT2D eigenvalue weighted by Gasteiger charge is -2.21. The number of aryl methyl sites for hydroxylation is 1. The minimum Gasteiger partial charge on any atom is -0.326 e. The van der Waals surface area contributed by atoms with Crippen molar-refractivity contribution in [2.75, 3.05) is 12.4 Å². The molecule has 1 heterocycles. The van der Waals surface area contributed by atoms with Gasteiger partial charge >= 0.3 is 0 Å². The molecule has 2 aromatic carbocycles. The first-order valence-corrected chi connectivity index (χ1v) is 7.40. The molecule has 0 spiro atoms. The van der Waals surface area contributed by atoms with Gasteiger partial charge in [0, 0.05) is 18.2 Å². The Hall–Kier alpha value is -2.13. The van der Waals surface area contributed by atoms with Gasteiger partial charge < -0.3 is 10.6 Å². The number of likely N-dealkylation sites (N-methyl/N-ethyl adjacent to an activating group) is 1. The van der Waals surface area contributed by atoms with E-state index in [0.29, 0.717) is 6.42 Å². The minimum atomic E-state index is 0.115. The van der Waals surface area contributed by atoms with Crippen LogP contribution in [0.1, 0.15) is 29.2 Å². The molecule has 0 bridgehead atoms. The van der Waals surface area contributed by atoms with Crippen molar-refractivity contribution >= 4 is 11.6 Å². The molecule has 0 aromatic heterocycles. The third kappa shape index (κ3) is 3.14. The van der Waals surface area contributed by atoms with Crippen LogP contribution in [0.5, 0.6) is 0 Å². The second kappa shape index (κ2) is 6.10. The smallest absolute Gasteiger partial charge is 0.224 e. The van der Waals surface area contributed by atoms with E-state index in [1.165, 1.54) is 16.7 Å². The van der Waals surface area contributed by atoms with Gasteiger partial charge in [-0.25, -0.2) is 0 Å². The summed E-state index contributed by atoms with van der Waals surface area (Å²) in [5.74, 6) is 0.115. The number of carbonyl (C=O) groups is 1. The standard InChI is InChI=1S/C18H20N2O/c1-19-17(11-13-5-3-2-4-6-13)15-7-9-16-14(12-15)8-10-18(21)20-16/h2-7,9,12,17,19H,8,10-11H2,1H3,(H,20,21). The van der Waals surface area contributed by atoms with Gasteiger partial charge in [0.2, 0.25) is 5.91 Å². The van der Waals surface area contributed by atoms with E-state index in [-0.39, 0.29) is 11.9 Å². The fraction of sp³-hybridized carbons (Fsp3) is 0.278. The Morgan fingerprint density at radius 1 is 1.14 bits per heavy atom. The van der Waals surface area contributed by atoms with Crippen molar-refractivity contribution in [3.05, 3.63) is 65.2 Å². The number of rotatable bonds is 4. The Labute approximate surface area is 125 Å². The number of amides is 1. The van der Waals surface area contributed by atoms with Gasteiger partial charge in [-0.3, -0.25) is 4.79 Å². The minimum absolute atomic E-state index is 0.115. The molecule has 1 unspecified atom stereocenters. The third-order valence-corrected chi connectivity index (χ3v) is 4.06. The highest BCUT2D eigenvalue weighted by Gasteiger charge is 2.17. The van der Waals surface area contributed by atoms with Gasteiger partial charge in [0.15, 0.2) is 0 Å². The molecular formula is C18H20N2O. The van der Waals surface area contributed by atoms with Crippen LogP contribution in [0.15, 0.2) is 48.5 Å². The zero-order chi connectivity index (χ0) is 14.7. The largest absolute Gasteiger partial charge is 0.326 e. The Bertz CT molecular complexity index is 637. The summed E-state index contributed by atoms with van der Waals surface area (Å²) in [6.45, 7) is 0. The first kappa shape index (κ1) is 13.8. The lowest BCUT2D eigenvalue weighted by Crippen LogP contribution is -2.22. The first-order chi connectivity index (χ1) is 10.3. The number of fused-ring (bicyclic) bond motifs is 1. The zero-order valence-electron chi connectivity index (χ0n) is 12.2. The van der Waals surface area contributed by atoms with Crippen LogP contribution in [0.25, 0.3) is 0 Å². The van der Waals surface area contributed by atoms with E-state index in [1.54, 1.807) is 0 Å². The molecule has 2 aromatic rings. The molecule has 1 amide bonds. The average molecular weight is 280 g/mol. The summed E-state index contributed by atoms with van der Waals surface area (Å²) in [7, 11) is 1.99. The van der Waals surface area contributed by atoms with Crippen LogP contribution in [0, 0.1) is 0 Å². The maximum Gasteiger partial charge on any atom is 0.224 e. The highest BCUT2D eigenvalue weighted by Crippen LogP contribution is 2.27. The Kier molecular flexibility index (Phi) is 4.02. The summed E-state index contributed by atoms with van der Waals surface area (Å²) in [5.41, 5.74) is 4.80. The normalized spacial score (nSPS) is 15.2. The number of hydrogen-bond acceptors (Lipinski definition) is 2. The summed E-state index contributed by atoms with van der Waals surface area (Å²) in [6, 6.07) is 17.1. The van der Waals surface area contributed by atoms with Gasteiger partial charge in [-0.1, -0.05) is 42.5 Å². The van der Waals surface area contributed by atoms with Gasteiger partial charge in [0.25, 0.3) is 0 Å². The van der Waals surface area contributed by atoms with Crippen LogP contribution < -0.4 is 10.6 Å². The SMILES string of the molecule is CNC(Cc1ccccc1)c1ccc2c(c1)CCC(=O)N2. The van der Waals surface area contributed by atoms with Crippen molar-refractivity contribution in [1.82, 2.24) is 5.32 Å². The number of hydrogen-bond donors (Lipinski definition) is 2. The topological polar surface area (TPSA) is 41.1 Å². The fourth-order valence-corrected chi connectivity index (χ4v) is 2.86. The van der Waals surface area contributed by atoms with Gasteiger partial charge in [-0.05, 0) is 42.6 Å². The molecular weight excluding hydrogens is 260 g/mol. The van der Waals surface area contributed by atoms with Crippen LogP contribution in [-0.2, 0) is 17.6 Å². The first-order valence-electron chi connectivity index (χ1n) is 7.40. The van der Waals surface area contributed by atoms with Crippen molar-refractivity contribution in [3.8, 4) is 0 Å². The predicted molar refractivity (Wildman–Crippen MR) is 85.3 cm³/mol. The monoisotopic (exact) mass is 280 g/mol. The maximum atomic E-state index is 11.4. The number of benzene rings is 2. The van der Waals surface area contributed by atoms with Gasteiger partial charge in [-0.2, -0.15) is 0 Å². The van der Waals surface area contributed by atoms with Crippen LogP contribution >= 0.6 is 0 Å². The Morgan fingerprint density at radius 3 is 2.71 bits per heavy atom. The second-order valence-electron chi connectivity index (χ2n) is 5.50. The molecule has 3 nitrogen and oxygen atoms in total. The van der Waals surface area contributed by atoms with Crippen molar-refractivity contribution in [2.24, 2.45) is 0 Å². The summed E-state index contributed by atoms with van der Waals surface area (Å²) in [4.78, 5) is 11.4. The molecule has 3 rings (SSSR count). The van der Waals surface area contributed by atoms with Crippen molar-refractivity contribution in [2.45, 2.75) is 25.3 Å². The highest BCUT2D eigenvalue weighted by atomic mass is 16.1. The van der Waals surface area contributed by atoms with Crippen LogP contribution in [0.4, 0.5) is 5.69 Å². The molecule has 0 radical (unpaired) electrons. The molecule has 108 valence electrons. The summed E-state index contributed by atoms with van der Waals surface area (Å²) in [6.07, 6.45) is 2.37. The lowest BCUT2D eigenvalue weighted by atomic mass is 9.94. The molecule has 3 heteroatoms. The van der Waals surface area contributed by atoms with E-state index < -0.39 is 0 Å². The Morgan fingerprint density at radius 2 is 1.95 bits per heavy atom. The number of carbonyl (C=O) groups excluding carboxylic acids is 1. The molecule has 0 aliphatic carbocycles. The van der Waals surface area contributed by atoms with Crippen LogP contribution in [-0.4, -0.2) is 13.0 Å². The van der Waals surface area contributed by atoms with E-state index in [0.717, 1.165) is 18.5 Å². The molecule has 1 atom stereocenters. The zero-order valence-corrected chi connectivity index (χ0v) is 12.2. The average Bonchev–Trinajstić information content (AvgIpc) is 2.53. The van der Waals surface area contributed by atoms with Crippen LogP contribution in [0.2, 0.25) is 0 Å². The molecule has 0 fully saturated rings. The third-order valence-electron chi connectivity index (χ3n) is 4.06. The van der Waals surface area contributed by atoms with E-state index in [9.17, 15) is 4.79 Å². The number of anilines is 1. The number of nitrogens with one attached hydrogen (secondary N) is 2. The van der Waals surface area contributed by atoms with Crippen molar-refractivity contribution in [3.63, 3.8) is 0 Å². The summed E-state index contributed by atoms with van der Waals surface area (Å²) >= 11 is 0. The molecule has 2 N–H and O–H groups in total. The Balaban J connectivity index is 1.83. The van der Waals surface area contributed by atoms with E-state index in [4.69, 9.17) is 0 Å². The summed E-state index contributed by atoms with van der Waals surface area (Å²) < 4.78 is 0.